The maximum absolute atomic E-state index is 12.6. The molecule has 2 unspecified atom stereocenters. The maximum Gasteiger partial charge on any atom is 0.272 e. The van der Waals surface area contributed by atoms with Gasteiger partial charge in [0.25, 0.3) is 11.6 Å². The molecule has 2 N–H and O–H groups in total. The number of amides is 1. The first kappa shape index (κ1) is 15.4. The summed E-state index contributed by atoms with van der Waals surface area (Å²) >= 11 is 0. The summed E-state index contributed by atoms with van der Waals surface area (Å²) in [6, 6.07) is 4.48. The van der Waals surface area contributed by atoms with Gasteiger partial charge in [-0.2, -0.15) is 0 Å². The Kier molecular flexibility index (Phi) is 4.57. The second-order valence-electron chi connectivity index (χ2n) is 5.68. The Morgan fingerprint density at radius 2 is 2.19 bits per heavy atom. The highest BCUT2D eigenvalue weighted by atomic mass is 16.6. The van der Waals surface area contributed by atoms with Crippen LogP contribution in [0.25, 0.3) is 0 Å². The maximum atomic E-state index is 12.6. The van der Waals surface area contributed by atoms with Crippen molar-refractivity contribution >= 4 is 11.6 Å². The van der Waals surface area contributed by atoms with Crippen LogP contribution in [-0.4, -0.2) is 34.4 Å². The highest BCUT2D eigenvalue weighted by molar-refractivity contribution is 5.95. The van der Waals surface area contributed by atoms with Gasteiger partial charge < -0.3 is 10.6 Å². The molecule has 0 radical (unpaired) electrons. The van der Waals surface area contributed by atoms with E-state index in [0.29, 0.717) is 17.7 Å². The summed E-state index contributed by atoms with van der Waals surface area (Å²) in [4.78, 5) is 24.9. The summed E-state index contributed by atoms with van der Waals surface area (Å²) in [6.45, 7) is 4.26. The number of nitrogens with two attached hydrogens (primary N) is 1. The van der Waals surface area contributed by atoms with Crippen molar-refractivity contribution in [1.82, 2.24) is 4.90 Å². The minimum absolute atomic E-state index is 0.0361. The van der Waals surface area contributed by atoms with Gasteiger partial charge in [-0.1, -0.05) is 0 Å². The van der Waals surface area contributed by atoms with Crippen molar-refractivity contribution < 1.29 is 9.72 Å². The van der Waals surface area contributed by atoms with Gasteiger partial charge in [0.1, 0.15) is 0 Å². The number of carbonyl (C=O) groups is 1. The van der Waals surface area contributed by atoms with Crippen LogP contribution >= 0.6 is 0 Å². The summed E-state index contributed by atoms with van der Waals surface area (Å²) in [5.41, 5.74) is 7.01. The largest absolute Gasteiger partial charge is 0.334 e. The fraction of sp³-hybridized carbons (Fsp3) is 0.533. The molecule has 1 aromatic rings. The van der Waals surface area contributed by atoms with E-state index in [1.54, 1.807) is 13.0 Å². The first-order valence-corrected chi connectivity index (χ1v) is 7.23. The molecule has 0 aliphatic carbocycles. The molecule has 21 heavy (non-hydrogen) atoms. The number of hydrogen-bond donors (Lipinski definition) is 1. The number of benzene rings is 1. The standard InChI is InChI=1S/C15H21N3O3/c1-10-9-12(6-7-13(10)18(20)21)15(19)17-8-4-3-5-14(17)11(2)16/h6-7,9,11,14H,3-5,8,16H2,1-2H3. The van der Waals surface area contributed by atoms with Crippen molar-refractivity contribution in [2.45, 2.75) is 45.2 Å². The van der Waals surface area contributed by atoms with E-state index >= 15 is 0 Å². The average Bonchev–Trinajstić information content (AvgIpc) is 2.45. The summed E-state index contributed by atoms with van der Waals surface area (Å²) in [6.07, 6.45) is 2.96. The van der Waals surface area contributed by atoms with Gasteiger partial charge in [-0.3, -0.25) is 14.9 Å². The lowest BCUT2D eigenvalue weighted by atomic mass is 9.95. The fourth-order valence-corrected chi connectivity index (χ4v) is 2.92. The summed E-state index contributed by atoms with van der Waals surface area (Å²) < 4.78 is 0. The van der Waals surface area contributed by atoms with Gasteiger partial charge in [-0.25, -0.2) is 0 Å². The Bertz CT molecular complexity index is 557. The molecule has 1 heterocycles. The molecular formula is C15H21N3O3. The molecule has 2 atom stereocenters. The van der Waals surface area contributed by atoms with Crippen LogP contribution in [0.3, 0.4) is 0 Å². The molecule has 1 saturated heterocycles. The summed E-state index contributed by atoms with van der Waals surface area (Å²) in [5, 5.41) is 10.8. The molecule has 0 spiro atoms. The highest BCUT2D eigenvalue weighted by Crippen LogP contribution is 2.24. The number of aryl methyl sites for hydroxylation is 1. The van der Waals surface area contributed by atoms with Crippen LogP contribution < -0.4 is 5.73 Å². The predicted molar refractivity (Wildman–Crippen MR) is 80.2 cm³/mol. The van der Waals surface area contributed by atoms with Crippen molar-refractivity contribution in [3.8, 4) is 0 Å². The fourth-order valence-electron chi connectivity index (χ4n) is 2.92. The van der Waals surface area contributed by atoms with Crippen LogP contribution in [-0.2, 0) is 0 Å². The van der Waals surface area contributed by atoms with Crippen LogP contribution in [0.2, 0.25) is 0 Å². The third-order valence-electron chi connectivity index (χ3n) is 4.06. The van der Waals surface area contributed by atoms with Crippen molar-refractivity contribution in [2.75, 3.05) is 6.54 Å². The Balaban J connectivity index is 2.26. The molecule has 0 saturated carbocycles. The van der Waals surface area contributed by atoms with E-state index in [4.69, 9.17) is 5.73 Å². The van der Waals surface area contributed by atoms with Crippen LogP contribution in [0.4, 0.5) is 5.69 Å². The zero-order chi connectivity index (χ0) is 15.6. The minimum Gasteiger partial charge on any atom is -0.334 e. The SMILES string of the molecule is Cc1cc(C(=O)N2CCCCC2C(C)N)ccc1[N+](=O)[O-]. The molecule has 0 bridgehead atoms. The van der Waals surface area contributed by atoms with E-state index in [9.17, 15) is 14.9 Å². The van der Waals surface area contributed by atoms with Crippen LogP contribution in [0.5, 0.6) is 0 Å². The van der Waals surface area contributed by atoms with E-state index in [0.717, 1.165) is 19.3 Å². The topological polar surface area (TPSA) is 89.5 Å². The number of hydrogen-bond acceptors (Lipinski definition) is 4. The smallest absolute Gasteiger partial charge is 0.272 e. The molecule has 1 fully saturated rings. The lowest BCUT2D eigenvalue weighted by Crippen LogP contribution is -2.51. The Labute approximate surface area is 124 Å². The van der Waals surface area contributed by atoms with E-state index in [2.05, 4.69) is 0 Å². The zero-order valence-electron chi connectivity index (χ0n) is 12.4. The molecule has 114 valence electrons. The first-order chi connectivity index (χ1) is 9.91. The van der Waals surface area contributed by atoms with E-state index in [1.807, 2.05) is 11.8 Å². The summed E-state index contributed by atoms with van der Waals surface area (Å²) in [5.74, 6) is -0.0880. The van der Waals surface area contributed by atoms with Crippen molar-refractivity contribution in [3.63, 3.8) is 0 Å². The number of rotatable bonds is 3. The molecule has 6 heteroatoms. The monoisotopic (exact) mass is 291 g/mol. The van der Waals surface area contributed by atoms with Gasteiger partial charge >= 0.3 is 0 Å². The van der Waals surface area contributed by atoms with Crippen molar-refractivity contribution in [1.29, 1.82) is 0 Å². The molecule has 6 nitrogen and oxygen atoms in total. The molecule has 1 aliphatic rings. The second-order valence-corrected chi connectivity index (χ2v) is 5.68. The van der Waals surface area contributed by atoms with Crippen LogP contribution in [0, 0.1) is 17.0 Å². The number of piperidine rings is 1. The first-order valence-electron chi connectivity index (χ1n) is 7.23. The molecule has 1 amide bonds. The zero-order valence-corrected chi connectivity index (χ0v) is 12.4. The lowest BCUT2D eigenvalue weighted by molar-refractivity contribution is -0.385. The van der Waals surface area contributed by atoms with E-state index in [-0.39, 0.29) is 23.7 Å². The van der Waals surface area contributed by atoms with E-state index in [1.165, 1.54) is 12.1 Å². The van der Waals surface area contributed by atoms with Gasteiger partial charge in [-0.15, -0.1) is 0 Å². The predicted octanol–water partition coefficient (Wildman–Crippen LogP) is 2.25. The number of nitrogens with zero attached hydrogens (tertiary/aromatic N) is 2. The van der Waals surface area contributed by atoms with Gasteiger partial charge in [0.05, 0.1) is 4.92 Å². The van der Waals surface area contributed by atoms with Gasteiger partial charge in [0.2, 0.25) is 0 Å². The Morgan fingerprint density at radius 3 is 2.76 bits per heavy atom. The van der Waals surface area contributed by atoms with Crippen LogP contribution in [0.1, 0.15) is 42.1 Å². The van der Waals surface area contributed by atoms with Crippen LogP contribution in [0.15, 0.2) is 18.2 Å². The lowest BCUT2D eigenvalue weighted by Gasteiger charge is -2.38. The number of nitro benzene ring substituents is 1. The minimum atomic E-state index is -0.435. The Morgan fingerprint density at radius 1 is 1.48 bits per heavy atom. The Hall–Kier alpha value is -1.95. The number of nitro groups is 1. The quantitative estimate of drug-likeness (QED) is 0.683. The second kappa shape index (κ2) is 6.22. The van der Waals surface area contributed by atoms with Crippen molar-refractivity contribution in [3.05, 3.63) is 39.4 Å². The van der Waals surface area contributed by atoms with Gasteiger partial charge in [-0.05, 0) is 45.2 Å². The van der Waals surface area contributed by atoms with Gasteiger partial charge in [0, 0.05) is 35.8 Å². The van der Waals surface area contributed by atoms with E-state index < -0.39 is 4.92 Å². The molecular weight excluding hydrogens is 270 g/mol. The number of likely N-dealkylation sites (tertiary alicyclic amines) is 1. The summed E-state index contributed by atoms with van der Waals surface area (Å²) in [7, 11) is 0. The molecule has 1 aromatic carbocycles. The normalized spacial score (nSPS) is 20.1. The third kappa shape index (κ3) is 3.21. The molecule has 2 rings (SSSR count). The third-order valence-corrected chi connectivity index (χ3v) is 4.06. The highest BCUT2D eigenvalue weighted by Gasteiger charge is 2.30. The molecule has 0 aromatic heterocycles. The average molecular weight is 291 g/mol. The molecule has 1 aliphatic heterocycles. The number of carbonyl (C=O) groups excluding carboxylic acids is 1. The van der Waals surface area contributed by atoms with Crippen molar-refractivity contribution in [2.24, 2.45) is 5.73 Å². The van der Waals surface area contributed by atoms with Gasteiger partial charge in [0.15, 0.2) is 0 Å².